The Morgan fingerprint density at radius 1 is 1.12 bits per heavy atom. The highest BCUT2D eigenvalue weighted by Crippen LogP contribution is 2.09. The van der Waals surface area contributed by atoms with E-state index in [0.29, 0.717) is 16.6 Å². The van der Waals surface area contributed by atoms with E-state index in [9.17, 15) is 4.79 Å². The van der Waals surface area contributed by atoms with E-state index in [2.05, 4.69) is 10.1 Å². The predicted molar refractivity (Wildman–Crippen MR) is 61.8 cm³/mol. The molecule has 0 aliphatic rings. The normalized spacial score (nSPS) is 11.1. The van der Waals surface area contributed by atoms with Crippen molar-refractivity contribution in [3.05, 3.63) is 51.9 Å². The second kappa shape index (κ2) is 3.28. The fraction of sp³-hybridized carbons (Fsp3) is 0. The van der Waals surface area contributed by atoms with E-state index >= 15 is 0 Å². The summed E-state index contributed by atoms with van der Waals surface area (Å²) in [5.74, 6) is 0. The molecule has 1 aromatic carbocycles. The van der Waals surface area contributed by atoms with Gasteiger partial charge in [-0.05, 0) is 24.3 Å². The minimum atomic E-state index is -0.205. The van der Waals surface area contributed by atoms with Gasteiger partial charge in [-0.2, -0.15) is 9.61 Å². The Hall–Kier alpha value is -1.94. The van der Waals surface area contributed by atoms with E-state index in [-0.39, 0.29) is 10.7 Å². The summed E-state index contributed by atoms with van der Waals surface area (Å²) in [7, 11) is 0. The standard InChI is InChI=1S/C11H6ClN3O/c12-9-5-6-10-13-8-4-2-1-3-7(8)11(16)15(10)14-9/h1-6H. The monoisotopic (exact) mass is 231 g/mol. The Morgan fingerprint density at radius 3 is 2.81 bits per heavy atom. The van der Waals surface area contributed by atoms with Crippen molar-refractivity contribution >= 4 is 28.2 Å². The fourth-order valence-electron chi connectivity index (χ4n) is 1.62. The molecule has 16 heavy (non-hydrogen) atoms. The molecule has 0 amide bonds. The van der Waals surface area contributed by atoms with Gasteiger partial charge in [0.05, 0.1) is 10.9 Å². The number of nitrogens with zero attached hydrogens (tertiary/aromatic N) is 3. The predicted octanol–water partition coefficient (Wildman–Crippen LogP) is 1.90. The second-order valence-electron chi connectivity index (χ2n) is 3.36. The Bertz CT molecular complexity index is 751. The molecule has 2 aromatic heterocycles. The Morgan fingerprint density at radius 2 is 1.94 bits per heavy atom. The van der Waals surface area contributed by atoms with E-state index in [1.165, 1.54) is 4.52 Å². The van der Waals surface area contributed by atoms with Gasteiger partial charge in [0.15, 0.2) is 5.65 Å². The van der Waals surface area contributed by atoms with Crippen LogP contribution in [0.4, 0.5) is 0 Å². The lowest BCUT2D eigenvalue weighted by molar-refractivity contribution is 0.882. The van der Waals surface area contributed by atoms with Gasteiger partial charge in [-0.3, -0.25) is 4.79 Å². The first-order valence-electron chi connectivity index (χ1n) is 4.70. The minimum absolute atomic E-state index is 0.205. The van der Waals surface area contributed by atoms with Crippen LogP contribution in [0.5, 0.6) is 0 Å². The van der Waals surface area contributed by atoms with Crippen LogP contribution in [0.1, 0.15) is 0 Å². The van der Waals surface area contributed by atoms with Crippen LogP contribution in [0.15, 0.2) is 41.2 Å². The molecule has 0 atom stereocenters. The van der Waals surface area contributed by atoms with Crippen LogP contribution in [0.2, 0.25) is 5.15 Å². The summed E-state index contributed by atoms with van der Waals surface area (Å²) in [6.07, 6.45) is 0. The maximum atomic E-state index is 12.0. The minimum Gasteiger partial charge on any atom is -0.267 e. The van der Waals surface area contributed by atoms with Crippen molar-refractivity contribution in [2.45, 2.75) is 0 Å². The maximum absolute atomic E-state index is 12.0. The van der Waals surface area contributed by atoms with E-state index in [1.807, 2.05) is 6.07 Å². The van der Waals surface area contributed by atoms with Gasteiger partial charge in [0.1, 0.15) is 5.15 Å². The van der Waals surface area contributed by atoms with Crippen molar-refractivity contribution in [2.24, 2.45) is 0 Å². The molecule has 0 radical (unpaired) electrons. The van der Waals surface area contributed by atoms with Gasteiger partial charge in [-0.1, -0.05) is 23.7 Å². The van der Waals surface area contributed by atoms with Gasteiger partial charge in [-0.15, -0.1) is 0 Å². The Kier molecular flexibility index (Phi) is 1.91. The van der Waals surface area contributed by atoms with Gasteiger partial charge in [0.2, 0.25) is 0 Å². The molecule has 0 fully saturated rings. The molecule has 2 heterocycles. The van der Waals surface area contributed by atoms with E-state index in [4.69, 9.17) is 11.6 Å². The van der Waals surface area contributed by atoms with Gasteiger partial charge in [-0.25, -0.2) is 4.98 Å². The number of aromatic nitrogens is 3. The average Bonchev–Trinajstić information content (AvgIpc) is 2.31. The first kappa shape index (κ1) is 9.30. The zero-order chi connectivity index (χ0) is 11.1. The van der Waals surface area contributed by atoms with Crippen molar-refractivity contribution in [3.8, 4) is 0 Å². The number of hydrogen-bond donors (Lipinski definition) is 0. The molecular formula is C11H6ClN3O. The lowest BCUT2D eigenvalue weighted by atomic mass is 10.2. The molecule has 4 nitrogen and oxygen atoms in total. The number of fused-ring (bicyclic) bond motifs is 2. The van der Waals surface area contributed by atoms with Crippen LogP contribution in [0.25, 0.3) is 16.6 Å². The molecule has 0 unspecified atom stereocenters. The molecule has 0 spiro atoms. The topological polar surface area (TPSA) is 47.3 Å². The quantitative estimate of drug-likeness (QED) is 0.555. The van der Waals surface area contributed by atoms with Crippen LogP contribution < -0.4 is 5.56 Å². The number of hydrogen-bond acceptors (Lipinski definition) is 3. The summed E-state index contributed by atoms with van der Waals surface area (Å²) < 4.78 is 1.21. The molecular weight excluding hydrogens is 226 g/mol. The second-order valence-corrected chi connectivity index (χ2v) is 3.75. The molecule has 0 saturated carbocycles. The average molecular weight is 232 g/mol. The fourth-order valence-corrected chi connectivity index (χ4v) is 1.76. The van der Waals surface area contributed by atoms with Gasteiger partial charge < -0.3 is 0 Å². The van der Waals surface area contributed by atoms with Crippen LogP contribution in [-0.4, -0.2) is 14.6 Å². The van der Waals surface area contributed by atoms with E-state index in [1.54, 1.807) is 30.3 Å². The molecule has 0 saturated heterocycles. The number of halogens is 1. The molecule has 5 heteroatoms. The van der Waals surface area contributed by atoms with Gasteiger partial charge >= 0.3 is 0 Å². The van der Waals surface area contributed by atoms with Crippen molar-refractivity contribution in [3.63, 3.8) is 0 Å². The van der Waals surface area contributed by atoms with Crippen LogP contribution in [0.3, 0.4) is 0 Å². The lowest BCUT2D eigenvalue weighted by Crippen LogP contribution is -2.17. The van der Waals surface area contributed by atoms with Crippen molar-refractivity contribution < 1.29 is 0 Å². The maximum Gasteiger partial charge on any atom is 0.282 e. The third-order valence-corrected chi connectivity index (χ3v) is 2.55. The first-order valence-corrected chi connectivity index (χ1v) is 5.08. The SMILES string of the molecule is O=c1c2ccccc2nc2ccc(Cl)nn12. The third-order valence-electron chi connectivity index (χ3n) is 2.34. The summed E-state index contributed by atoms with van der Waals surface area (Å²) in [5.41, 5.74) is 0.952. The molecule has 0 aliphatic carbocycles. The van der Waals surface area contributed by atoms with Gasteiger partial charge in [0, 0.05) is 0 Å². The summed E-state index contributed by atoms with van der Waals surface area (Å²) >= 11 is 5.74. The van der Waals surface area contributed by atoms with Crippen LogP contribution >= 0.6 is 11.6 Å². The smallest absolute Gasteiger partial charge is 0.267 e. The first-order chi connectivity index (χ1) is 7.75. The highest BCUT2D eigenvalue weighted by molar-refractivity contribution is 6.29. The largest absolute Gasteiger partial charge is 0.282 e. The van der Waals surface area contributed by atoms with Crippen molar-refractivity contribution in [2.75, 3.05) is 0 Å². The molecule has 3 aromatic rings. The molecule has 0 aliphatic heterocycles. The zero-order valence-corrected chi connectivity index (χ0v) is 8.85. The number of benzene rings is 1. The lowest BCUT2D eigenvalue weighted by Gasteiger charge is -2.01. The van der Waals surface area contributed by atoms with Gasteiger partial charge in [0.25, 0.3) is 5.56 Å². The number of para-hydroxylation sites is 1. The Balaban J connectivity index is 2.61. The highest BCUT2D eigenvalue weighted by Gasteiger charge is 2.05. The summed E-state index contributed by atoms with van der Waals surface area (Å²) in [5, 5.41) is 4.74. The third kappa shape index (κ3) is 1.27. The molecule has 78 valence electrons. The summed E-state index contributed by atoms with van der Waals surface area (Å²) in [6, 6.07) is 10.4. The summed E-state index contributed by atoms with van der Waals surface area (Å²) in [4.78, 5) is 16.4. The molecule has 0 N–H and O–H groups in total. The summed E-state index contributed by atoms with van der Waals surface area (Å²) in [6.45, 7) is 0. The van der Waals surface area contributed by atoms with Crippen LogP contribution in [-0.2, 0) is 0 Å². The van der Waals surface area contributed by atoms with E-state index in [0.717, 1.165) is 0 Å². The number of rotatable bonds is 0. The van der Waals surface area contributed by atoms with Crippen molar-refractivity contribution in [1.29, 1.82) is 0 Å². The Labute approximate surface area is 95.1 Å². The van der Waals surface area contributed by atoms with Crippen molar-refractivity contribution in [1.82, 2.24) is 14.6 Å². The highest BCUT2D eigenvalue weighted by atomic mass is 35.5. The molecule has 0 bridgehead atoms. The van der Waals surface area contributed by atoms with E-state index < -0.39 is 0 Å². The molecule has 3 rings (SSSR count). The van der Waals surface area contributed by atoms with Crippen LogP contribution in [0, 0.1) is 0 Å². The zero-order valence-electron chi connectivity index (χ0n) is 8.09.